The van der Waals surface area contributed by atoms with Crippen molar-refractivity contribution in [2.24, 2.45) is 17.8 Å². The molecular weight excluding hydrogens is 521 g/mol. The molecule has 0 saturated heterocycles. The third-order valence-corrected chi connectivity index (χ3v) is 23.4. The maximum absolute atomic E-state index is 10.4. The minimum Gasteiger partial charge on any atom is -0.416 e. The molecule has 0 heterocycles. The summed E-state index contributed by atoms with van der Waals surface area (Å²) >= 11 is 0. The number of hydrogen-bond acceptors (Lipinski definition) is 4. The second kappa shape index (κ2) is 13.4. The van der Waals surface area contributed by atoms with Crippen LogP contribution in [0.5, 0.6) is 0 Å². The third kappa shape index (κ3) is 10.5. The minimum atomic E-state index is -2.11. The first kappa shape index (κ1) is 38.1. The minimum absolute atomic E-state index is 0.0270. The topological polar surface area (TPSA) is 47.9 Å². The maximum atomic E-state index is 10.4. The predicted octanol–water partition coefficient (Wildman–Crippen LogP) is 9.08. The smallest absolute Gasteiger partial charge is 0.192 e. The largest absolute Gasteiger partial charge is 0.416 e. The van der Waals surface area contributed by atoms with Crippen molar-refractivity contribution in [3.63, 3.8) is 0 Å². The van der Waals surface area contributed by atoms with Gasteiger partial charge < -0.3 is 18.4 Å². The molecule has 0 aliphatic rings. The molecule has 0 unspecified atom stereocenters. The molecule has 6 atom stereocenters. The fraction of sp³-hybridized carbons (Fsp3) is 0.935. The normalized spacial score (nSPS) is 19.3. The van der Waals surface area contributed by atoms with E-state index in [4.69, 9.17) is 19.7 Å². The highest BCUT2D eigenvalue weighted by Crippen LogP contribution is 2.44. The molecule has 0 rings (SSSR count). The van der Waals surface area contributed by atoms with Gasteiger partial charge in [-0.2, -0.15) is 0 Å². The van der Waals surface area contributed by atoms with Gasteiger partial charge in [-0.15, -0.1) is 6.42 Å². The van der Waals surface area contributed by atoms with Gasteiger partial charge in [-0.25, -0.2) is 0 Å². The molecule has 0 radical (unpaired) electrons. The fourth-order valence-electron chi connectivity index (χ4n) is 3.91. The summed E-state index contributed by atoms with van der Waals surface area (Å²) in [6, 6.07) is 0. The van der Waals surface area contributed by atoms with E-state index in [0.29, 0.717) is 13.0 Å². The van der Waals surface area contributed by atoms with E-state index < -0.39 is 31.1 Å². The summed E-state index contributed by atoms with van der Waals surface area (Å²) in [7, 11) is -6.10. The van der Waals surface area contributed by atoms with E-state index in [1.54, 1.807) is 0 Å². The molecule has 0 aliphatic carbocycles. The van der Waals surface area contributed by atoms with Gasteiger partial charge in [0.1, 0.15) is 6.10 Å². The van der Waals surface area contributed by atoms with E-state index in [9.17, 15) is 5.11 Å². The molecule has 1 N–H and O–H groups in total. The van der Waals surface area contributed by atoms with E-state index in [1.807, 2.05) is 0 Å². The molecular formula is C31H66O4Si3. The fourth-order valence-corrected chi connectivity index (χ4v) is 7.98. The van der Waals surface area contributed by atoms with E-state index in [0.717, 1.165) is 0 Å². The Morgan fingerprint density at radius 2 is 1.00 bits per heavy atom. The van der Waals surface area contributed by atoms with E-state index in [1.165, 1.54) is 0 Å². The maximum Gasteiger partial charge on any atom is 0.192 e. The molecule has 0 spiro atoms. The second-order valence-corrected chi connectivity index (χ2v) is 30.8. The highest BCUT2D eigenvalue weighted by Gasteiger charge is 2.47. The molecule has 38 heavy (non-hydrogen) atoms. The highest BCUT2D eigenvalue weighted by molar-refractivity contribution is 6.75. The molecule has 0 amide bonds. The van der Waals surface area contributed by atoms with E-state index in [2.05, 4.69) is 128 Å². The van der Waals surface area contributed by atoms with Gasteiger partial charge in [0.15, 0.2) is 25.0 Å². The van der Waals surface area contributed by atoms with Gasteiger partial charge in [0, 0.05) is 18.4 Å². The van der Waals surface area contributed by atoms with Crippen molar-refractivity contribution in [1.29, 1.82) is 0 Å². The Hall–Kier alpha value is 0.0506. The van der Waals surface area contributed by atoms with Gasteiger partial charge in [0.2, 0.25) is 0 Å². The SMILES string of the molecule is C#C[C@@H](O)C[C@H](C)[C@H](O[Si](C)(C)C(C)(C)C)[C@@H](C)[C@@H](O[Si](C)(C)C(C)(C)C)[C@@H](C)CO[Si](C)(C)C(C)(C)C. The zero-order valence-electron chi connectivity index (χ0n) is 28.6. The van der Waals surface area contributed by atoms with Crippen molar-refractivity contribution in [3.8, 4) is 12.3 Å². The zero-order valence-corrected chi connectivity index (χ0v) is 31.6. The van der Waals surface area contributed by atoms with Crippen molar-refractivity contribution < 1.29 is 18.4 Å². The Morgan fingerprint density at radius 1 is 0.658 bits per heavy atom. The van der Waals surface area contributed by atoms with Crippen LogP contribution in [0, 0.1) is 30.1 Å². The quantitative estimate of drug-likeness (QED) is 0.173. The standard InChI is InChI=1S/C31H66O4Si3/c1-20-26(32)21-23(2)27(34-37(16,17)30(8,9)10)25(4)28(35-38(18,19)31(11,12)13)24(3)22-33-36(14,15)29(5,6)7/h1,23-28,32H,21-22H2,2-19H3/t23-,24-,25+,26+,27-,28-/m0/s1. The van der Waals surface area contributed by atoms with Crippen LogP contribution in [-0.4, -0.2) is 55.0 Å². The molecule has 0 fully saturated rings. The van der Waals surface area contributed by atoms with Crippen molar-refractivity contribution >= 4 is 25.0 Å². The monoisotopic (exact) mass is 586 g/mol. The first-order valence-corrected chi connectivity index (χ1v) is 23.5. The molecule has 0 bridgehead atoms. The van der Waals surface area contributed by atoms with Gasteiger partial charge in [0.25, 0.3) is 0 Å². The summed E-state index contributed by atoms with van der Waals surface area (Å²) in [5.74, 6) is 2.91. The number of aliphatic hydroxyl groups excluding tert-OH is 1. The third-order valence-electron chi connectivity index (χ3n) is 9.93. The average molecular weight is 587 g/mol. The summed E-state index contributed by atoms with van der Waals surface area (Å²) in [5, 5.41) is 10.7. The molecule has 0 aliphatic heterocycles. The highest BCUT2D eigenvalue weighted by atomic mass is 28.4. The molecule has 0 aromatic rings. The Labute approximate surface area is 241 Å². The number of rotatable bonds is 13. The number of hydrogen-bond donors (Lipinski definition) is 1. The Bertz CT molecular complexity index is 766. The lowest BCUT2D eigenvalue weighted by atomic mass is 9.82. The molecule has 7 heteroatoms. The summed E-state index contributed by atoms with van der Waals surface area (Å²) < 4.78 is 21.2. The lowest BCUT2D eigenvalue weighted by Crippen LogP contribution is -2.54. The lowest BCUT2D eigenvalue weighted by Gasteiger charge is -2.48. The van der Waals surface area contributed by atoms with Crippen molar-refractivity contribution in [3.05, 3.63) is 0 Å². The van der Waals surface area contributed by atoms with Gasteiger partial charge >= 0.3 is 0 Å². The lowest BCUT2D eigenvalue weighted by molar-refractivity contribution is -0.0303. The molecule has 4 nitrogen and oxygen atoms in total. The van der Waals surface area contributed by atoms with E-state index in [-0.39, 0.29) is 45.1 Å². The van der Waals surface area contributed by atoms with Crippen LogP contribution in [0.4, 0.5) is 0 Å². The van der Waals surface area contributed by atoms with Gasteiger partial charge in [-0.1, -0.05) is 89.0 Å². The average Bonchev–Trinajstić information content (AvgIpc) is 2.71. The first-order chi connectivity index (χ1) is 16.6. The van der Waals surface area contributed by atoms with Gasteiger partial charge in [-0.3, -0.25) is 0 Å². The van der Waals surface area contributed by atoms with E-state index >= 15 is 0 Å². The van der Waals surface area contributed by atoms with Crippen molar-refractivity contribution in [2.45, 2.75) is 162 Å². The first-order valence-electron chi connectivity index (χ1n) is 14.7. The van der Waals surface area contributed by atoms with Crippen molar-refractivity contribution in [2.75, 3.05) is 6.61 Å². The van der Waals surface area contributed by atoms with Crippen LogP contribution < -0.4 is 0 Å². The van der Waals surface area contributed by atoms with Crippen LogP contribution in [-0.2, 0) is 13.3 Å². The molecule has 0 aromatic heterocycles. The second-order valence-electron chi connectivity index (χ2n) is 16.5. The van der Waals surface area contributed by atoms with Crippen LogP contribution in [0.1, 0.15) is 89.5 Å². The number of terminal acetylenes is 1. The van der Waals surface area contributed by atoms with Gasteiger partial charge in [-0.05, 0) is 66.7 Å². The zero-order chi connectivity index (χ0) is 30.7. The summed E-state index contributed by atoms with van der Waals surface area (Å²) in [5.41, 5.74) is 0. The number of aliphatic hydroxyl groups is 1. The molecule has 0 aromatic carbocycles. The Balaban J connectivity index is 6.55. The van der Waals surface area contributed by atoms with Crippen LogP contribution in [0.25, 0.3) is 0 Å². The summed E-state index contributed by atoms with van der Waals surface area (Å²) in [6.45, 7) is 42.0. The van der Waals surface area contributed by atoms with Crippen molar-refractivity contribution in [1.82, 2.24) is 0 Å². The Kier molecular flexibility index (Phi) is 13.4. The molecule has 226 valence electrons. The predicted molar refractivity (Wildman–Crippen MR) is 174 cm³/mol. The van der Waals surface area contributed by atoms with Crippen LogP contribution in [0.15, 0.2) is 0 Å². The van der Waals surface area contributed by atoms with Crippen LogP contribution in [0.2, 0.25) is 54.4 Å². The summed E-state index contributed by atoms with van der Waals surface area (Å²) in [4.78, 5) is 0. The van der Waals surface area contributed by atoms with Crippen LogP contribution in [0.3, 0.4) is 0 Å². The summed E-state index contributed by atoms with van der Waals surface area (Å²) in [6.07, 6.45) is 5.22. The van der Waals surface area contributed by atoms with Gasteiger partial charge in [0.05, 0.1) is 12.2 Å². The molecule has 0 saturated carbocycles. The van der Waals surface area contributed by atoms with Crippen LogP contribution >= 0.6 is 0 Å². The Morgan fingerprint density at radius 3 is 1.32 bits per heavy atom.